The number of aliphatic hydroxyl groups is 1. The van der Waals surface area contributed by atoms with Crippen molar-refractivity contribution in [2.45, 2.75) is 36.0 Å². The maximum absolute atomic E-state index is 10.6. The number of aryl methyl sites for hydroxylation is 1. The van der Waals surface area contributed by atoms with Gasteiger partial charge in [-0.05, 0) is 35.6 Å². The molecule has 3 rings (SSSR count). The summed E-state index contributed by atoms with van der Waals surface area (Å²) in [6.45, 7) is 2.14. The fraction of sp³-hybridized carbons (Fsp3) is 0.294. The molecule has 1 heterocycles. The van der Waals surface area contributed by atoms with Crippen LogP contribution in [0.1, 0.15) is 29.7 Å². The van der Waals surface area contributed by atoms with Gasteiger partial charge in [0.25, 0.3) is 0 Å². The average Bonchev–Trinajstić information content (AvgIpc) is 2.90. The third-order valence-electron chi connectivity index (χ3n) is 3.73. The van der Waals surface area contributed by atoms with Gasteiger partial charge in [-0.3, -0.25) is 0 Å². The van der Waals surface area contributed by atoms with Gasteiger partial charge in [0.05, 0.1) is 6.10 Å². The van der Waals surface area contributed by atoms with Crippen molar-refractivity contribution >= 4 is 11.8 Å². The van der Waals surface area contributed by atoms with Gasteiger partial charge in [-0.1, -0.05) is 49.4 Å². The zero-order valence-electron chi connectivity index (χ0n) is 11.0. The molecule has 0 saturated carbocycles. The Morgan fingerprint density at radius 1 is 1.21 bits per heavy atom. The first-order chi connectivity index (χ1) is 9.28. The van der Waals surface area contributed by atoms with E-state index < -0.39 is 0 Å². The van der Waals surface area contributed by atoms with E-state index in [1.165, 1.54) is 16.0 Å². The van der Waals surface area contributed by atoms with E-state index in [0.29, 0.717) is 0 Å². The molecule has 1 aliphatic heterocycles. The van der Waals surface area contributed by atoms with Crippen LogP contribution in [0.5, 0.6) is 0 Å². The van der Waals surface area contributed by atoms with Crippen LogP contribution >= 0.6 is 11.8 Å². The quantitative estimate of drug-likeness (QED) is 0.909. The van der Waals surface area contributed by atoms with E-state index in [1.54, 1.807) is 11.8 Å². The molecule has 0 amide bonds. The molecule has 1 aliphatic rings. The van der Waals surface area contributed by atoms with Crippen molar-refractivity contribution in [1.29, 1.82) is 0 Å². The van der Waals surface area contributed by atoms with E-state index in [-0.39, 0.29) is 11.4 Å². The highest BCUT2D eigenvalue weighted by molar-refractivity contribution is 8.00. The van der Waals surface area contributed by atoms with Gasteiger partial charge in [-0.2, -0.15) is 0 Å². The molecule has 0 spiro atoms. The summed E-state index contributed by atoms with van der Waals surface area (Å²) in [6, 6.07) is 16.8. The highest BCUT2D eigenvalue weighted by Gasteiger charge is 2.28. The zero-order chi connectivity index (χ0) is 13.2. The van der Waals surface area contributed by atoms with E-state index in [9.17, 15) is 5.11 Å². The molecule has 1 nitrogen and oxygen atoms in total. The predicted molar refractivity (Wildman–Crippen MR) is 80.6 cm³/mol. The summed E-state index contributed by atoms with van der Waals surface area (Å²) in [6.07, 6.45) is 1.58. The molecule has 0 fully saturated rings. The molecule has 2 aromatic rings. The Bertz CT molecular complexity index is 554. The van der Waals surface area contributed by atoms with E-state index >= 15 is 0 Å². The van der Waals surface area contributed by atoms with E-state index in [1.807, 2.05) is 12.1 Å². The van der Waals surface area contributed by atoms with Crippen molar-refractivity contribution in [3.63, 3.8) is 0 Å². The Labute approximate surface area is 118 Å². The molecule has 2 atom stereocenters. The van der Waals surface area contributed by atoms with Crippen LogP contribution in [-0.4, -0.2) is 10.4 Å². The highest BCUT2D eigenvalue weighted by Crippen LogP contribution is 2.42. The second kappa shape index (κ2) is 5.40. The van der Waals surface area contributed by atoms with Crippen molar-refractivity contribution < 1.29 is 5.11 Å². The fourth-order valence-electron chi connectivity index (χ4n) is 2.60. The molecule has 0 bridgehead atoms. The lowest BCUT2D eigenvalue weighted by molar-refractivity contribution is 0.175. The number of aliphatic hydroxyl groups excluding tert-OH is 1. The number of hydrogen-bond acceptors (Lipinski definition) is 2. The summed E-state index contributed by atoms with van der Waals surface area (Å²) in [5.41, 5.74) is 3.70. The largest absolute Gasteiger partial charge is 0.387 e. The van der Waals surface area contributed by atoms with Gasteiger partial charge in [-0.15, -0.1) is 11.8 Å². The van der Waals surface area contributed by atoms with Gasteiger partial charge in [0.2, 0.25) is 0 Å². The van der Waals surface area contributed by atoms with Crippen LogP contribution in [-0.2, 0) is 12.8 Å². The Kier molecular flexibility index (Phi) is 3.63. The molecule has 0 radical (unpaired) electrons. The summed E-state index contributed by atoms with van der Waals surface area (Å²) in [5, 5.41) is 10.8. The lowest BCUT2D eigenvalue weighted by atomic mass is 9.99. The minimum Gasteiger partial charge on any atom is -0.387 e. The summed E-state index contributed by atoms with van der Waals surface area (Å²) in [7, 11) is 0. The molecule has 2 aromatic carbocycles. The molecular weight excluding hydrogens is 252 g/mol. The number of fused-ring (bicyclic) bond motifs is 1. The summed E-state index contributed by atoms with van der Waals surface area (Å²) in [4.78, 5) is 1.32. The Hall–Kier alpha value is -1.25. The second-order valence-electron chi connectivity index (χ2n) is 5.01. The molecule has 2 unspecified atom stereocenters. The number of rotatable bonds is 3. The van der Waals surface area contributed by atoms with Crippen molar-refractivity contribution in [3.05, 3.63) is 65.2 Å². The molecule has 0 saturated heterocycles. The van der Waals surface area contributed by atoms with Gasteiger partial charge < -0.3 is 5.11 Å². The first-order valence-electron chi connectivity index (χ1n) is 6.79. The molecule has 0 aliphatic carbocycles. The van der Waals surface area contributed by atoms with Crippen molar-refractivity contribution in [2.24, 2.45) is 0 Å². The maximum atomic E-state index is 10.6. The Morgan fingerprint density at radius 3 is 2.84 bits per heavy atom. The van der Waals surface area contributed by atoms with Gasteiger partial charge >= 0.3 is 0 Å². The van der Waals surface area contributed by atoms with Gasteiger partial charge in [-0.25, -0.2) is 0 Å². The molecular formula is C17H18OS. The summed E-state index contributed by atoms with van der Waals surface area (Å²) >= 11 is 1.80. The molecule has 1 N–H and O–H groups in total. The SMILES string of the molecule is CCc1cccc(C(O)C2Cc3ccccc3S2)c1. The van der Waals surface area contributed by atoms with Crippen LogP contribution in [0, 0.1) is 0 Å². The lowest BCUT2D eigenvalue weighted by Gasteiger charge is -2.18. The van der Waals surface area contributed by atoms with Crippen LogP contribution < -0.4 is 0 Å². The highest BCUT2D eigenvalue weighted by atomic mass is 32.2. The third kappa shape index (κ3) is 2.56. The standard InChI is InChI=1S/C17H18OS/c1-2-12-6-5-8-14(10-12)17(18)16-11-13-7-3-4-9-15(13)19-16/h3-10,16-18H,2,11H2,1H3. The first kappa shape index (κ1) is 12.8. The van der Waals surface area contributed by atoms with Crippen molar-refractivity contribution in [3.8, 4) is 0 Å². The smallest absolute Gasteiger partial charge is 0.0915 e. The minimum atomic E-state index is -0.385. The van der Waals surface area contributed by atoms with E-state index in [4.69, 9.17) is 0 Å². The third-order valence-corrected chi connectivity index (χ3v) is 5.10. The summed E-state index contributed by atoms with van der Waals surface area (Å²) < 4.78 is 0. The van der Waals surface area contributed by atoms with Crippen LogP contribution in [0.3, 0.4) is 0 Å². The molecule has 19 heavy (non-hydrogen) atoms. The zero-order valence-corrected chi connectivity index (χ0v) is 11.9. The normalized spacial score (nSPS) is 19.2. The average molecular weight is 270 g/mol. The van der Waals surface area contributed by atoms with Crippen LogP contribution in [0.4, 0.5) is 0 Å². The number of thioether (sulfide) groups is 1. The topological polar surface area (TPSA) is 20.2 Å². The number of benzene rings is 2. The first-order valence-corrected chi connectivity index (χ1v) is 7.67. The van der Waals surface area contributed by atoms with E-state index in [0.717, 1.165) is 18.4 Å². The molecule has 2 heteroatoms. The van der Waals surface area contributed by atoms with Gasteiger partial charge in [0.1, 0.15) is 0 Å². The van der Waals surface area contributed by atoms with Gasteiger partial charge in [0, 0.05) is 10.1 Å². The summed E-state index contributed by atoms with van der Waals surface area (Å²) in [5.74, 6) is 0. The van der Waals surface area contributed by atoms with Crippen LogP contribution in [0.25, 0.3) is 0 Å². The Morgan fingerprint density at radius 2 is 2.05 bits per heavy atom. The molecule has 0 aromatic heterocycles. The number of hydrogen-bond donors (Lipinski definition) is 1. The van der Waals surface area contributed by atoms with Crippen molar-refractivity contribution in [2.75, 3.05) is 0 Å². The van der Waals surface area contributed by atoms with Crippen molar-refractivity contribution in [1.82, 2.24) is 0 Å². The Balaban J connectivity index is 1.80. The monoisotopic (exact) mass is 270 g/mol. The lowest BCUT2D eigenvalue weighted by Crippen LogP contribution is -2.14. The second-order valence-corrected chi connectivity index (χ2v) is 6.29. The predicted octanol–water partition coefficient (Wildman–Crippen LogP) is 4.00. The molecule has 98 valence electrons. The fourth-order valence-corrected chi connectivity index (χ4v) is 3.93. The van der Waals surface area contributed by atoms with E-state index in [2.05, 4.69) is 43.3 Å². The maximum Gasteiger partial charge on any atom is 0.0915 e. The minimum absolute atomic E-state index is 0.240. The van der Waals surface area contributed by atoms with Gasteiger partial charge in [0.15, 0.2) is 0 Å². The van der Waals surface area contributed by atoms with Crippen LogP contribution in [0.15, 0.2) is 53.4 Å². The van der Waals surface area contributed by atoms with Crippen LogP contribution in [0.2, 0.25) is 0 Å².